The molecule has 0 bridgehead atoms. The van der Waals surface area contributed by atoms with Gasteiger partial charge >= 0.3 is 0 Å². The number of rotatable bonds is 6. The molecule has 0 amide bonds. The molecule has 1 heterocycles. The van der Waals surface area contributed by atoms with Crippen molar-refractivity contribution in [3.05, 3.63) is 0 Å². The van der Waals surface area contributed by atoms with E-state index in [0.717, 1.165) is 12.0 Å². The van der Waals surface area contributed by atoms with Gasteiger partial charge in [0.05, 0.1) is 0 Å². The van der Waals surface area contributed by atoms with E-state index in [1.165, 1.54) is 63.4 Å². The molecule has 2 rings (SSSR count). The topological polar surface area (TPSA) is 15.3 Å². The Balaban J connectivity index is 1.66. The zero-order valence-corrected chi connectivity index (χ0v) is 11.4. The molecular formula is C13H26N2S. The second kappa shape index (κ2) is 6.87. The molecule has 1 aliphatic heterocycles. The number of nitrogens with one attached hydrogen (secondary N) is 1. The Morgan fingerprint density at radius 2 is 2.25 bits per heavy atom. The van der Waals surface area contributed by atoms with E-state index >= 15 is 0 Å². The van der Waals surface area contributed by atoms with Crippen LogP contribution in [0.2, 0.25) is 0 Å². The monoisotopic (exact) mass is 242 g/mol. The van der Waals surface area contributed by atoms with Gasteiger partial charge in [0.2, 0.25) is 0 Å². The van der Waals surface area contributed by atoms with E-state index in [-0.39, 0.29) is 0 Å². The molecule has 1 saturated heterocycles. The molecule has 1 unspecified atom stereocenters. The molecule has 2 fully saturated rings. The van der Waals surface area contributed by atoms with Gasteiger partial charge in [-0.3, -0.25) is 0 Å². The minimum atomic E-state index is 0.807. The van der Waals surface area contributed by atoms with Crippen LogP contribution in [0, 0.1) is 5.92 Å². The summed E-state index contributed by atoms with van der Waals surface area (Å²) in [4.78, 5) is 2.69. The summed E-state index contributed by atoms with van der Waals surface area (Å²) in [5.74, 6) is 3.62. The van der Waals surface area contributed by atoms with Crippen LogP contribution in [0.25, 0.3) is 0 Å². The van der Waals surface area contributed by atoms with Gasteiger partial charge in [0.15, 0.2) is 0 Å². The van der Waals surface area contributed by atoms with Crippen molar-refractivity contribution in [2.24, 2.45) is 5.92 Å². The van der Waals surface area contributed by atoms with Crippen LogP contribution >= 0.6 is 11.8 Å². The molecule has 1 N–H and O–H groups in total. The van der Waals surface area contributed by atoms with Crippen LogP contribution in [0.1, 0.15) is 32.6 Å². The Kier molecular flexibility index (Phi) is 5.46. The molecule has 2 nitrogen and oxygen atoms in total. The molecule has 1 aliphatic carbocycles. The number of hydrogen-bond donors (Lipinski definition) is 1. The van der Waals surface area contributed by atoms with Gasteiger partial charge in [0.1, 0.15) is 0 Å². The molecule has 1 atom stereocenters. The molecule has 3 heteroatoms. The Morgan fingerprint density at radius 3 is 3.00 bits per heavy atom. The number of hydrogen-bond acceptors (Lipinski definition) is 3. The average Bonchev–Trinajstić information content (AvgIpc) is 3.10. The minimum absolute atomic E-state index is 0.807. The van der Waals surface area contributed by atoms with Crippen molar-refractivity contribution in [3.8, 4) is 0 Å². The smallest absolute Gasteiger partial charge is 0.0223 e. The zero-order chi connectivity index (χ0) is 11.2. The first-order valence-electron chi connectivity index (χ1n) is 6.93. The largest absolute Gasteiger partial charge is 0.312 e. The molecule has 2 aliphatic rings. The highest BCUT2D eigenvalue weighted by Gasteiger charge is 2.32. The zero-order valence-electron chi connectivity index (χ0n) is 10.6. The minimum Gasteiger partial charge on any atom is -0.312 e. The molecule has 16 heavy (non-hydrogen) atoms. The molecular weight excluding hydrogens is 216 g/mol. The predicted molar refractivity (Wildman–Crippen MR) is 73.2 cm³/mol. The Morgan fingerprint density at radius 1 is 1.38 bits per heavy atom. The highest BCUT2D eigenvalue weighted by atomic mass is 32.2. The lowest BCUT2D eigenvalue weighted by molar-refractivity contribution is 0.260. The molecule has 0 spiro atoms. The van der Waals surface area contributed by atoms with Gasteiger partial charge in [-0.15, -0.1) is 0 Å². The van der Waals surface area contributed by atoms with Crippen LogP contribution in [-0.2, 0) is 0 Å². The van der Waals surface area contributed by atoms with Crippen LogP contribution in [-0.4, -0.2) is 48.6 Å². The van der Waals surface area contributed by atoms with Crippen molar-refractivity contribution < 1.29 is 0 Å². The summed E-state index contributed by atoms with van der Waals surface area (Å²) in [5.41, 5.74) is 0. The fourth-order valence-corrected chi connectivity index (χ4v) is 3.20. The summed E-state index contributed by atoms with van der Waals surface area (Å²) < 4.78 is 0. The highest BCUT2D eigenvalue weighted by molar-refractivity contribution is 7.99. The maximum Gasteiger partial charge on any atom is 0.0223 e. The molecule has 94 valence electrons. The molecule has 0 aromatic rings. The van der Waals surface area contributed by atoms with Gasteiger partial charge in [-0.25, -0.2) is 0 Å². The maximum absolute atomic E-state index is 3.73. The standard InChI is InChI=1S/C13H26N2S/c1-2-16-10-4-9-15-8-3-7-14-13(11-15)12-5-6-12/h12-14H,2-11H2,1H3. The van der Waals surface area contributed by atoms with E-state index in [0.29, 0.717) is 0 Å². The van der Waals surface area contributed by atoms with Gasteiger partial charge in [-0.2, -0.15) is 11.8 Å². The van der Waals surface area contributed by atoms with Crippen LogP contribution in [0.5, 0.6) is 0 Å². The van der Waals surface area contributed by atoms with Crippen molar-refractivity contribution in [1.29, 1.82) is 0 Å². The number of thioether (sulfide) groups is 1. The van der Waals surface area contributed by atoms with Crippen molar-refractivity contribution in [2.75, 3.05) is 37.7 Å². The van der Waals surface area contributed by atoms with E-state index in [1.807, 2.05) is 0 Å². The summed E-state index contributed by atoms with van der Waals surface area (Å²) in [7, 11) is 0. The highest BCUT2D eigenvalue weighted by Crippen LogP contribution is 2.33. The van der Waals surface area contributed by atoms with Crippen molar-refractivity contribution in [1.82, 2.24) is 10.2 Å². The summed E-state index contributed by atoms with van der Waals surface area (Å²) in [6, 6.07) is 0.807. The first-order chi connectivity index (χ1) is 7.90. The third-order valence-corrected chi connectivity index (χ3v) is 4.66. The average molecular weight is 242 g/mol. The summed E-state index contributed by atoms with van der Waals surface area (Å²) >= 11 is 2.08. The Hall–Kier alpha value is 0.270. The van der Waals surface area contributed by atoms with Gasteiger partial charge in [0.25, 0.3) is 0 Å². The molecule has 0 aromatic carbocycles. The Labute approximate surface area is 105 Å². The third kappa shape index (κ3) is 4.27. The Bertz CT molecular complexity index is 194. The van der Waals surface area contributed by atoms with Gasteiger partial charge in [-0.05, 0) is 62.7 Å². The SMILES string of the molecule is CCSCCCN1CCCNC(C2CC2)C1. The summed E-state index contributed by atoms with van der Waals surface area (Å²) in [6.07, 6.45) is 5.65. The first-order valence-corrected chi connectivity index (χ1v) is 8.09. The fraction of sp³-hybridized carbons (Fsp3) is 1.00. The summed E-state index contributed by atoms with van der Waals surface area (Å²) in [5, 5.41) is 3.73. The van der Waals surface area contributed by atoms with Crippen molar-refractivity contribution in [3.63, 3.8) is 0 Å². The third-order valence-electron chi connectivity index (χ3n) is 3.67. The molecule has 1 saturated carbocycles. The second-order valence-electron chi connectivity index (χ2n) is 5.10. The number of nitrogens with zero attached hydrogens (tertiary/aromatic N) is 1. The lowest BCUT2D eigenvalue weighted by Gasteiger charge is -2.24. The van der Waals surface area contributed by atoms with Gasteiger partial charge in [0, 0.05) is 12.6 Å². The lowest BCUT2D eigenvalue weighted by atomic mass is 10.2. The first kappa shape index (κ1) is 12.7. The lowest BCUT2D eigenvalue weighted by Crippen LogP contribution is -2.39. The van der Waals surface area contributed by atoms with E-state index in [2.05, 4.69) is 28.9 Å². The van der Waals surface area contributed by atoms with Crippen LogP contribution < -0.4 is 5.32 Å². The quantitative estimate of drug-likeness (QED) is 0.719. The van der Waals surface area contributed by atoms with Crippen molar-refractivity contribution >= 4 is 11.8 Å². The van der Waals surface area contributed by atoms with E-state index < -0.39 is 0 Å². The summed E-state index contributed by atoms with van der Waals surface area (Å²) in [6.45, 7) is 7.43. The fourth-order valence-electron chi connectivity index (χ4n) is 2.58. The van der Waals surface area contributed by atoms with Crippen LogP contribution in [0.3, 0.4) is 0 Å². The van der Waals surface area contributed by atoms with Gasteiger partial charge in [-0.1, -0.05) is 6.92 Å². The maximum atomic E-state index is 3.73. The van der Waals surface area contributed by atoms with E-state index in [4.69, 9.17) is 0 Å². The molecule has 0 aromatic heterocycles. The van der Waals surface area contributed by atoms with E-state index in [1.54, 1.807) is 0 Å². The van der Waals surface area contributed by atoms with Crippen LogP contribution in [0.4, 0.5) is 0 Å². The predicted octanol–water partition coefficient (Wildman–Crippen LogP) is 2.20. The van der Waals surface area contributed by atoms with Gasteiger partial charge < -0.3 is 10.2 Å². The van der Waals surface area contributed by atoms with Crippen LogP contribution in [0.15, 0.2) is 0 Å². The normalized spacial score (nSPS) is 27.9. The molecule has 0 radical (unpaired) electrons. The van der Waals surface area contributed by atoms with Crippen molar-refractivity contribution in [2.45, 2.75) is 38.6 Å². The van der Waals surface area contributed by atoms with E-state index in [9.17, 15) is 0 Å². The second-order valence-corrected chi connectivity index (χ2v) is 6.50.